The number of ether oxygens (including phenoxy) is 1. The smallest absolute Gasteiger partial charge is 0.323 e. The van der Waals surface area contributed by atoms with Crippen molar-refractivity contribution in [2.24, 2.45) is 0 Å². The number of nitrogens with zero attached hydrogens (tertiary/aromatic N) is 4. The zero-order chi connectivity index (χ0) is 19.1. The highest BCUT2D eigenvalue weighted by molar-refractivity contribution is 5.88. The van der Waals surface area contributed by atoms with Crippen LogP contribution in [0.1, 0.15) is 18.9 Å². The van der Waals surface area contributed by atoms with Crippen molar-refractivity contribution >= 4 is 11.8 Å². The molecule has 1 N–H and O–H groups in total. The lowest BCUT2D eigenvalue weighted by atomic mass is 10.2. The van der Waals surface area contributed by atoms with Gasteiger partial charge in [0, 0.05) is 51.6 Å². The summed E-state index contributed by atoms with van der Waals surface area (Å²) < 4.78 is 6.82. The van der Waals surface area contributed by atoms with E-state index in [1.165, 1.54) is 5.56 Å². The van der Waals surface area contributed by atoms with Crippen LogP contribution in [0.4, 0.5) is 10.6 Å². The number of hydrogen-bond acceptors (Lipinski definition) is 4. The lowest BCUT2D eigenvalue weighted by molar-refractivity contribution is 0.183. The Morgan fingerprint density at radius 2 is 2.07 bits per heavy atom. The van der Waals surface area contributed by atoms with Crippen LogP contribution in [-0.4, -0.2) is 65.0 Å². The molecule has 1 aromatic heterocycles. The molecule has 0 aliphatic carbocycles. The topological polar surface area (TPSA) is 62.6 Å². The predicted octanol–water partition coefficient (Wildman–Crippen LogP) is 2.66. The highest BCUT2D eigenvalue weighted by Gasteiger charge is 2.25. The van der Waals surface area contributed by atoms with Crippen LogP contribution in [-0.2, 0) is 17.8 Å². The van der Waals surface area contributed by atoms with Crippen LogP contribution in [0.3, 0.4) is 0 Å². The molecule has 1 aromatic carbocycles. The first-order valence-electron chi connectivity index (χ1n) is 9.52. The molecule has 27 heavy (non-hydrogen) atoms. The van der Waals surface area contributed by atoms with E-state index < -0.39 is 0 Å². The summed E-state index contributed by atoms with van der Waals surface area (Å²) in [5.41, 5.74) is 1.31. The van der Waals surface area contributed by atoms with Gasteiger partial charge in [-0.15, -0.1) is 0 Å². The molecular formula is C20H29N5O2. The van der Waals surface area contributed by atoms with E-state index in [0.29, 0.717) is 19.0 Å². The molecule has 1 aliphatic heterocycles. The second-order valence-corrected chi connectivity index (χ2v) is 7.00. The van der Waals surface area contributed by atoms with E-state index in [4.69, 9.17) is 4.74 Å². The molecule has 1 unspecified atom stereocenters. The Hall–Kier alpha value is -2.38. The summed E-state index contributed by atoms with van der Waals surface area (Å²) in [6.45, 7) is 6.91. The number of methoxy groups -OCH3 is 1. The molecule has 0 saturated carbocycles. The van der Waals surface area contributed by atoms with Crippen molar-refractivity contribution in [3.8, 4) is 0 Å². The molecule has 1 saturated heterocycles. The van der Waals surface area contributed by atoms with Gasteiger partial charge < -0.3 is 9.64 Å². The summed E-state index contributed by atoms with van der Waals surface area (Å²) in [5, 5.41) is 7.30. The van der Waals surface area contributed by atoms with E-state index in [1.807, 2.05) is 23.2 Å². The summed E-state index contributed by atoms with van der Waals surface area (Å²) in [7, 11) is 1.66. The van der Waals surface area contributed by atoms with Gasteiger partial charge in [-0.25, -0.2) is 4.79 Å². The second kappa shape index (κ2) is 9.53. The van der Waals surface area contributed by atoms with Crippen molar-refractivity contribution in [2.45, 2.75) is 32.5 Å². The Bertz CT molecular complexity index is 718. The number of carbonyl (C=O) groups is 1. The third kappa shape index (κ3) is 5.55. The number of carbonyl (C=O) groups excluding carboxylic acids is 1. The molecule has 7 heteroatoms. The van der Waals surface area contributed by atoms with Crippen LogP contribution in [0.25, 0.3) is 0 Å². The van der Waals surface area contributed by atoms with Gasteiger partial charge >= 0.3 is 6.03 Å². The van der Waals surface area contributed by atoms with E-state index in [1.54, 1.807) is 11.8 Å². The quantitative estimate of drug-likeness (QED) is 0.848. The molecule has 2 amide bonds. The number of nitrogens with one attached hydrogen (secondary N) is 1. The molecule has 3 rings (SSSR count). The summed E-state index contributed by atoms with van der Waals surface area (Å²) in [6.07, 6.45) is 2.81. The minimum atomic E-state index is -0.0824. The number of urea groups is 1. The molecule has 0 radical (unpaired) electrons. The number of hydrogen-bond donors (Lipinski definition) is 1. The fourth-order valence-electron chi connectivity index (χ4n) is 3.45. The van der Waals surface area contributed by atoms with Crippen LogP contribution >= 0.6 is 0 Å². The maximum Gasteiger partial charge on any atom is 0.323 e. The second-order valence-electron chi connectivity index (χ2n) is 7.00. The van der Waals surface area contributed by atoms with Gasteiger partial charge in [0.05, 0.1) is 13.2 Å². The fourth-order valence-corrected chi connectivity index (χ4v) is 3.45. The zero-order valence-corrected chi connectivity index (χ0v) is 16.2. The van der Waals surface area contributed by atoms with Gasteiger partial charge in [-0.1, -0.05) is 30.3 Å². The van der Waals surface area contributed by atoms with Gasteiger partial charge in [0.25, 0.3) is 0 Å². The summed E-state index contributed by atoms with van der Waals surface area (Å²) in [6, 6.07) is 12.4. The van der Waals surface area contributed by atoms with Crippen LogP contribution < -0.4 is 5.32 Å². The molecule has 1 atom stereocenters. The fraction of sp³-hybridized carbons (Fsp3) is 0.500. The van der Waals surface area contributed by atoms with Crippen molar-refractivity contribution in [3.63, 3.8) is 0 Å². The highest BCUT2D eigenvalue weighted by Crippen LogP contribution is 2.15. The number of amides is 2. The Morgan fingerprint density at radius 3 is 2.85 bits per heavy atom. The number of rotatable bonds is 6. The molecule has 146 valence electrons. The first-order chi connectivity index (χ1) is 13.2. The Labute approximate surface area is 160 Å². The number of anilines is 1. The largest absolute Gasteiger partial charge is 0.383 e. The van der Waals surface area contributed by atoms with Crippen molar-refractivity contribution in [2.75, 3.05) is 38.7 Å². The standard InChI is InChI=1S/C20H29N5O2/c1-17-15-23(16-18-7-4-3-5-8-18)10-6-11-25(17)20(26)21-19-9-12-24(22-19)13-14-27-2/h3-5,7-9,12,17H,6,10-11,13-16H2,1-2H3,(H,21,22,26). The molecule has 7 nitrogen and oxygen atoms in total. The van der Waals surface area contributed by atoms with Crippen molar-refractivity contribution in [1.82, 2.24) is 19.6 Å². The molecular weight excluding hydrogens is 342 g/mol. The highest BCUT2D eigenvalue weighted by atomic mass is 16.5. The van der Waals surface area contributed by atoms with E-state index in [2.05, 4.69) is 46.5 Å². The van der Waals surface area contributed by atoms with Crippen LogP contribution in [0.5, 0.6) is 0 Å². The number of benzene rings is 1. The molecule has 2 aromatic rings. The van der Waals surface area contributed by atoms with Crippen molar-refractivity contribution in [1.29, 1.82) is 0 Å². The van der Waals surface area contributed by atoms with Gasteiger partial charge in [0.15, 0.2) is 5.82 Å². The Kier molecular flexibility index (Phi) is 6.84. The van der Waals surface area contributed by atoms with Gasteiger partial charge in [0.1, 0.15) is 0 Å². The minimum absolute atomic E-state index is 0.0824. The SMILES string of the molecule is COCCn1ccc(NC(=O)N2CCCN(Cc3ccccc3)CC2C)n1. The third-order valence-electron chi connectivity index (χ3n) is 4.84. The predicted molar refractivity (Wildman–Crippen MR) is 106 cm³/mol. The lowest BCUT2D eigenvalue weighted by Crippen LogP contribution is -2.44. The van der Waals surface area contributed by atoms with Gasteiger partial charge in [-0.3, -0.25) is 14.9 Å². The molecule has 0 bridgehead atoms. The lowest BCUT2D eigenvalue weighted by Gasteiger charge is -2.29. The van der Waals surface area contributed by atoms with Crippen molar-refractivity contribution in [3.05, 3.63) is 48.2 Å². The summed E-state index contributed by atoms with van der Waals surface area (Å²) in [5.74, 6) is 0.577. The van der Waals surface area contributed by atoms with E-state index in [0.717, 1.165) is 32.6 Å². The Morgan fingerprint density at radius 1 is 1.26 bits per heavy atom. The van der Waals surface area contributed by atoms with E-state index >= 15 is 0 Å². The maximum absolute atomic E-state index is 12.7. The van der Waals surface area contributed by atoms with Crippen LogP contribution in [0, 0.1) is 0 Å². The van der Waals surface area contributed by atoms with Gasteiger partial charge in [-0.2, -0.15) is 5.10 Å². The minimum Gasteiger partial charge on any atom is -0.383 e. The average Bonchev–Trinajstić information content (AvgIpc) is 3.02. The summed E-state index contributed by atoms with van der Waals surface area (Å²) in [4.78, 5) is 17.1. The monoisotopic (exact) mass is 371 g/mol. The van der Waals surface area contributed by atoms with Crippen LogP contribution in [0.2, 0.25) is 0 Å². The van der Waals surface area contributed by atoms with E-state index in [9.17, 15) is 4.79 Å². The maximum atomic E-state index is 12.7. The van der Waals surface area contributed by atoms with Crippen LogP contribution in [0.15, 0.2) is 42.6 Å². The zero-order valence-electron chi connectivity index (χ0n) is 16.2. The first kappa shape index (κ1) is 19.4. The van der Waals surface area contributed by atoms with Gasteiger partial charge in [0.2, 0.25) is 0 Å². The third-order valence-corrected chi connectivity index (χ3v) is 4.84. The first-order valence-corrected chi connectivity index (χ1v) is 9.52. The van der Waals surface area contributed by atoms with Gasteiger partial charge in [-0.05, 0) is 18.9 Å². The molecule has 0 spiro atoms. The normalized spacial score (nSPS) is 18.3. The number of aromatic nitrogens is 2. The molecule has 1 fully saturated rings. The van der Waals surface area contributed by atoms with E-state index in [-0.39, 0.29) is 12.1 Å². The molecule has 2 heterocycles. The average molecular weight is 371 g/mol. The molecule has 1 aliphatic rings. The Balaban J connectivity index is 1.55. The summed E-state index contributed by atoms with van der Waals surface area (Å²) >= 11 is 0. The van der Waals surface area contributed by atoms with Crippen molar-refractivity contribution < 1.29 is 9.53 Å².